The van der Waals surface area contributed by atoms with Gasteiger partial charge >= 0.3 is 0 Å². The molecular weight excluding hydrogens is 502 g/mol. The molecule has 0 unspecified atom stereocenters. The van der Waals surface area contributed by atoms with E-state index in [-0.39, 0.29) is 16.8 Å². The summed E-state index contributed by atoms with van der Waals surface area (Å²) in [5, 5.41) is 7.53. The lowest BCUT2D eigenvalue weighted by Crippen LogP contribution is -2.18. The Morgan fingerprint density at radius 2 is 1.63 bits per heavy atom. The molecule has 0 bridgehead atoms. The Kier molecular flexibility index (Phi) is 6.98. The molecule has 1 amide bonds. The molecule has 0 atom stereocenters. The van der Waals surface area contributed by atoms with Crippen LogP contribution in [0.4, 0.5) is 17.3 Å². The highest BCUT2D eigenvalue weighted by atomic mass is 32.2. The van der Waals surface area contributed by atoms with E-state index in [2.05, 4.69) is 25.3 Å². The lowest BCUT2D eigenvalue weighted by molar-refractivity contribution is 0.102. The van der Waals surface area contributed by atoms with Gasteiger partial charge in [-0.2, -0.15) is 4.98 Å². The zero-order valence-electron chi connectivity index (χ0n) is 20.3. The van der Waals surface area contributed by atoms with Crippen LogP contribution in [0.1, 0.15) is 10.4 Å². The second kappa shape index (κ2) is 10.7. The molecule has 1 aromatic heterocycles. The molecule has 4 aromatic carbocycles. The van der Waals surface area contributed by atoms with Gasteiger partial charge in [0.1, 0.15) is 5.75 Å². The molecule has 0 saturated heterocycles. The minimum Gasteiger partial charge on any atom is -0.439 e. The van der Waals surface area contributed by atoms with E-state index in [1.807, 2.05) is 54.6 Å². The summed E-state index contributed by atoms with van der Waals surface area (Å²) >= 11 is 0. The number of para-hydroxylation sites is 1. The fourth-order valence-corrected chi connectivity index (χ4v) is 4.59. The summed E-state index contributed by atoms with van der Waals surface area (Å²) in [5.41, 5.74) is 1.78. The second-order valence-electron chi connectivity index (χ2n) is 8.19. The highest BCUT2D eigenvalue weighted by Crippen LogP contribution is 2.28. The number of nitrogens with zero attached hydrogens (tertiary/aromatic N) is 2. The predicted octanol–water partition coefficient (Wildman–Crippen LogP) is 5.33. The molecule has 0 radical (unpaired) electrons. The number of carbonyl (C=O) groups excluding carboxylic acids is 1. The lowest BCUT2D eigenvalue weighted by Gasteiger charge is -2.11. The Bertz CT molecular complexity index is 1730. The van der Waals surface area contributed by atoms with E-state index < -0.39 is 10.0 Å². The number of benzene rings is 4. The summed E-state index contributed by atoms with van der Waals surface area (Å²) in [6.07, 6.45) is 1.53. The van der Waals surface area contributed by atoms with Crippen molar-refractivity contribution in [3.8, 4) is 11.6 Å². The number of anilines is 3. The summed E-state index contributed by atoms with van der Waals surface area (Å²) in [6.45, 7) is 0. The molecule has 0 aliphatic rings. The van der Waals surface area contributed by atoms with Crippen LogP contribution in [0.15, 0.2) is 108 Å². The van der Waals surface area contributed by atoms with Gasteiger partial charge in [0.05, 0.1) is 4.90 Å². The normalized spacial score (nSPS) is 11.2. The topological polar surface area (TPSA) is 122 Å². The number of fused-ring (bicyclic) bond motifs is 1. The average Bonchev–Trinajstić information content (AvgIpc) is 2.93. The van der Waals surface area contributed by atoms with Crippen LogP contribution in [-0.4, -0.2) is 31.3 Å². The Labute approximate surface area is 219 Å². The minimum absolute atomic E-state index is 0.116. The number of aromatic nitrogens is 2. The number of ether oxygens (including phenoxy) is 1. The molecule has 5 rings (SSSR count). The molecule has 10 heteroatoms. The highest BCUT2D eigenvalue weighted by Gasteiger charge is 2.13. The molecular formula is C28H23N5O4S. The average molecular weight is 526 g/mol. The van der Waals surface area contributed by atoms with E-state index in [0.717, 1.165) is 16.5 Å². The van der Waals surface area contributed by atoms with E-state index in [1.165, 1.54) is 25.4 Å². The number of rotatable bonds is 8. The summed E-state index contributed by atoms with van der Waals surface area (Å²) in [5.74, 6) is 0.861. The number of carbonyl (C=O) groups is 1. The lowest BCUT2D eigenvalue weighted by atomic mass is 10.0. The molecule has 0 aliphatic carbocycles. The highest BCUT2D eigenvalue weighted by molar-refractivity contribution is 7.89. The Hall–Kier alpha value is -4.80. The quantitative estimate of drug-likeness (QED) is 0.250. The maximum atomic E-state index is 12.9. The van der Waals surface area contributed by atoms with Crippen molar-refractivity contribution in [2.75, 3.05) is 17.7 Å². The summed E-state index contributed by atoms with van der Waals surface area (Å²) < 4.78 is 32.4. The first-order valence-corrected chi connectivity index (χ1v) is 13.1. The largest absolute Gasteiger partial charge is 0.439 e. The van der Waals surface area contributed by atoms with Crippen molar-refractivity contribution in [2.45, 2.75) is 4.90 Å². The molecule has 190 valence electrons. The van der Waals surface area contributed by atoms with Crippen LogP contribution in [-0.2, 0) is 10.0 Å². The smallest absolute Gasteiger partial charge is 0.256 e. The number of hydrogen-bond acceptors (Lipinski definition) is 7. The Balaban J connectivity index is 1.34. The molecule has 5 aromatic rings. The van der Waals surface area contributed by atoms with Crippen LogP contribution in [0.25, 0.3) is 10.8 Å². The zero-order valence-corrected chi connectivity index (χ0v) is 21.1. The van der Waals surface area contributed by atoms with Crippen LogP contribution in [0.5, 0.6) is 11.6 Å². The van der Waals surface area contributed by atoms with Crippen molar-refractivity contribution in [1.82, 2.24) is 14.7 Å². The van der Waals surface area contributed by atoms with Crippen molar-refractivity contribution in [3.05, 3.63) is 109 Å². The second-order valence-corrected chi connectivity index (χ2v) is 10.1. The van der Waals surface area contributed by atoms with Crippen LogP contribution in [0, 0.1) is 0 Å². The van der Waals surface area contributed by atoms with Gasteiger partial charge in [-0.25, -0.2) is 18.1 Å². The SMILES string of the molecule is CNS(=O)(=O)c1cccc(Nc2nccc(Oc3ccc4c(C(=O)Nc5ccccc5)cccc4c3)n2)c1. The maximum absolute atomic E-state index is 12.9. The van der Waals surface area contributed by atoms with Gasteiger partial charge in [0, 0.05) is 29.2 Å². The van der Waals surface area contributed by atoms with E-state index in [4.69, 9.17) is 4.74 Å². The summed E-state index contributed by atoms with van der Waals surface area (Å²) in [4.78, 5) is 21.6. The summed E-state index contributed by atoms with van der Waals surface area (Å²) in [6, 6.07) is 28.1. The number of hydrogen-bond donors (Lipinski definition) is 3. The zero-order chi connectivity index (χ0) is 26.5. The number of sulfonamides is 1. The standard InChI is InChI=1S/C28H23N5O4S/c1-29-38(35,36)23-11-6-10-21(18-23)32-28-30-16-15-26(33-28)37-22-13-14-24-19(17-22)7-5-12-25(24)27(34)31-20-8-3-2-4-9-20/h2-18,29H,1H3,(H,31,34)(H,30,32,33). The van der Waals surface area contributed by atoms with Gasteiger partial charge in [0.15, 0.2) is 0 Å². The third-order valence-electron chi connectivity index (χ3n) is 5.65. The van der Waals surface area contributed by atoms with Gasteiger partial charge < -0.3 is 15.4 Å². The molecule has 38 heavy (non-hydrogen) atoms. The molecule has 0 fully saturated rings. The van der Waals surface area contributed by atoms with Crippen LogP contribution in [0.2, 0.25) is 0 Å². The molecule has 0 saturated carbocycles. The van der Waals surface area contributed by atoms with Crippen molar-refractivity contribution < 1.29 is 17.9 Å². The molecule has 3 N–H and O–H groups in total. The van der Waals surface area contributed by atoms with Gasteiger partial charge in [-0.15, -0.1) is 0 Å². The van der Waals surface area contributed by atoms with Crippen molar-refractivity contribution in [2.24, 2.45) is 0 Å². The summed E-state index contributed by atoms with van der Waals surface area (Å²) in [7, 11) is -2.23. The number of nitrogens with one attached hydrogen (secondary N) is 3. The minimum atomic E-state index is -3.58. The van der Waals surface area contributed by atoms with Crippen LogP contribution >= 0.6 is 0 Å². The van der Waals surface area contributed by atoms with Gasteiger partial charge in [-0.1, -0.05) is 36.4 Å². The number of amides is 1. The van der Waals surface area contributed by atoms with Crippen LogP contribution in [0.3, 0.4) is 0 Å². The van der Waals surface area contributed by atoms with Crippen molar-refractivity contribution >= 4 is 44.0 Å². The molecule has 1 heterocycles. The first kappa shape index (κ1) is 24.9. The monoisotopic (exact) mass is 525 g/mol. The Morgan fingerprint density at radius 3 is 2.45 bits per heavy atom. The first-order valence-electron chi connectivity index (χ1n) is 11.6. The van der Waals surface area contributed by atoms with Crippen molar-refractivity contribution in [3.63, 3.8) is 0 Å². The van der Waals surface area contributed by atoms with Gasteiger partial charge in [-0.05, 0) is 72.4 Å². The van der Waals surface area contributed by atoms with Crippen LogP contribution < -0.4 is 20.1 Å². The van der Waals surface area contributed by atoms with Crippen molar-refractivity contribution in [1.29, 1.82) is 0 Å². The fraction of sp³-hybridized carbons (Fsp3) is 0.0357. The molecule has 0 spiro atoms. The molecule has 9 nitrogen and oxygen atoms in total. The van der Waals surface area contributed by atoms with Gasteiger partial charge in [-0.3, -0.25) is 4.79 Å². The first-order chi connectivity index (χ1) is 18.4. The third-order valence-corrected chi connectivity index (χ3v) is 7.06. The van der Waals surface area contributed by atoms with E-state index in [1.54, 1.807) is 30.3 Å². The van der Waals surface area contributed by atoms with E-state index in [0.29, 0.717) is 22.9 Å². The van der Waals surface area contributed by atoms with Gasteiger partial charge in [0.2, 0.25) is 21.9 Å². The predicted molar refractivity (Wildman–Crippen MR) is 146 cm³/mol. The van der Waals surface area contributed by atoms with E-state index in [9.17, 15) is 13.2 Å². The Morgan fingerprint density at radius 1 is 0.842 bits per heavy atom. The maximum Gasteiger partial charge on any atom is 0.256 e. The fourth-order valence-electron chi connectivity index (χ4n) is 3.81. The van der Waals surface area contributed by atoms with Gasteiger partial charge in [0.25, 0.3) is 5.91 Å². The van der Waals surface area contributed by atoms with E-state index >= 15 is 0 Å². The molecule has 0 aliphatic heterocycles. The third kappa shape index (κ3) is 5.61.